The number of imide groups is 1. The van der Waals surface area contributed by atoms with E-state index in [1.54, 1.807) is 0 Å². The Balaban J connectivity index is 2.31. The lowest BCUT2D eigenvalue weighted by Crippen LogP contribution is -2.41. The monoisotopic (exact) mass is 265 g/mol. The lowest BCUT2D eigenvalue weighted by Gasteiger charge is -2.42. The third-order valence-corrected chi connectivity index (χ3v) is 5.38. The first-order valence-electron chi connectivity index (χ1n) is 7.60. The second kappa shape index (κ2) is 4.92. The molecule has 3 heteroatoms. The predicted molar refractivity (Wildman–Crippen MR) is 75.3 cm³/mol. The van der Waals surface area contributed by atoms with Crippen molar-refractivity contribution in [2.45, 2.75) is 53.9 Å². The van der Waals surface area contributed by atoms with Crippen molar-refractivity contribution in [3.63, 3.8) is 0 Å². The molecule has 2 fully saturated rings. The van der Waals surface area contributed by atoms with Crippen molar-refractivity contribution >= 4 is 11.8 Å². The van der Waals surface area contributed by atoms with Crippen LogP contribution in [0.25, 0.3) is 0 Å². The molecule has 0 aromatic carbocycles. The van der Waals surface area contributed by atoms with Crippen molar-refractivity contribution < 1.29 is 9.59 Å². The van der Waals surface area contributed by atoms with Gasteiger partial charge in [0.2, 0.25) is 11.8 Å². The maximum absolute atomic E-state index is 12.2. The summed E-state index contributed by atoms with van der Waals surface area (Å²) < 4.78 is 0. The highest BCUT2D eigenvalue weighted by atomic mass is 16.2. The molecule has 1 aliphatic carbocycles. The Morgan fingerprint density at radius 3 is 2.32 bits per heavy atom. The van der Waals surface area contributed by atoms with Crippen LogP contribution in [0, 0.1) is 35.0 Å². The normalized spacial score (nSPS) is 38.6. The van der Waals surface area contributed by atoms with Crippen LogP contribution >= 0.6 is 0 Å². The van der Waals surface area contributed by atoms with Crippen LogP contribution in [-0.4, -0.2) is 11.8 Å². The summed E-state index contributed by atoms with van der Waals surface area (Å²) in [5.41, 5.74) is -0.550. The van der Waals surface area contributed by atoms with Gasteiger partial charge < -0.3 is 0 Å². The molecule has 1 saturated carbocycles. The molecule has 2 amide bonds. The minimum atomic E-state index is -0.550. The molecule has 19 heavy (non-hydrogen) atoms. The van der Waals surface area contributed by atoms with Crippen molar-refractivity contribution in [3.05, 3.63) is 0 Å². The van der Waals surface area contributed by atoms with Gasteiger partial charge in [0.25, 0.3) is 0 Å². The predicted octanol–water partition coefficient (Wildman–Crippen LogP) is 2.99. The van der Waals surface area contributed by atoms with E-state index in [9.17, 15) is 9.59 Å². The number of carbonyl (C=O) groups excluding carboxylic acids is 2. The fourth-order valence-electron chi connectivity index (χ4n) is 4.21. The summed E-state index contributed by atoms with van der Waals surface area (Å²) in [6.45, 7) is 10.6. The molecule has 0 bridgehead atoms. The number of carbonyl (C=O) groups is 2. The number of hydrogen-bond donors (Lipinski definition) is 1. The van der Waals surface area contributed by atoms with E-state index >= 15 is 0 Å². The van der Waals surface area contributed by atoms with E-state index in [1.165, 1.54) is 12.8 Å². The Morgan fingerprint density at radius 2 is 1.84 bits per heavy atom. The van der Waals surface area contributed by atoms with Crippen molar-refractivity contribution in [2.75, 3.05) is 0 Å². The Labute approximate surface area is 116 Å². The van der Waals surface area contributed by atoms with Crippen LogP contribution in [0.5, 0.6) is 0 Å². The zero-order valence-electron chi connectivity index (χ0n) is 12.8. The molecule has 108 valence electrons. The van der Waals surface area contributed by atoms with Crippen LogP contribution < -0.4 is 5.32 Å². The molecule has 3 nitrogen and oxygen atoms in total. The molecule has 2 rings (SSSR count). The van der Waals surface area contributed by atoms with E-state index in [4.69, 9.17) is 0 Å². The summed E-state index contributed by atoms with van der Waals surface area (Å²) in [5.74, 6) is 1.89. The second-order valence-corrected chi connectivity index (χ2v) is 7.51. The average Bonchev–Trinajstić information content (AvgIpc) is 2.47. The first-order valence-corrected chi connectivity index (χ1v) is 7.60. The lowest BCUT2D eigenvalue weighted by atomic mass is 9.60. The molecule has 2 aliphatic rings. The fraction of sp³-hybridized carbons (Fsp3) is 0.875. The van der Waals surface area contributed by atoms with Crippen molar-refractivity contribution in [1.82, 2.24) is 5.32 Å². The van der Waals surface area contributed by atoms with Gasteiger partial charge in [0.05, 0.1) is 11.3 Å². The van der Waals surface area contributed by atoms with Gasteiger partial charge in [-0.15, -0.1) is 0 Å². The van der Waals surface area contributed by atoms with Gasteiger partial charge in [-0.1, -0.05) is 41.0 Å². The molecule has 0 radical (unpaired) electrons. The van der Waals surface area contributed by atoms with Crippen LogP contribution in [0.3, 0.4) is 0 Å². The minimum absolute atomic E-state index is 0.0419. The summed E-state index contributed by atoms with van der Waals surface area (Å²) in [5, 5.41) is 2.55. The standard InChI is InChI=1S/C16H27NO2/c1-9(2)11-7-6-10(3)8-12(11)13-14(18)17-15(19)16(13,4)5/h9-13H,6-8H2,1-5H3,(H,17,18,19). The quantitative estimate of drug-likeness (QED) is 0.780. The molecule has 0 aromatic heterocycles. The summed E-state index contributed by atoms with van der Waals surface area (Å²) in [6.07, 6.45) is 3.53. The summed E-state index contributed by atoms with van der Waals surface area (Å²) in [6, 6.07) is 0. The molecule has 0 aromatic rings. The molecule has 4 atom stereocenters. The Hall–Kier alpha value is -0.860. The van der Waals surface area contributed by atoms with Crippen LogP contribution in [0.2, 0.25) is 0 Å². The Bertz CT molecular complexity index is 386. The highest BCUT2D eigenvalue weighted by Crippen LogP contribution is 2.49. The molecule has 1 heterocycles. The van der Waals surface area contributed by atoms with Crippen LogP contribution in [0.4, 0.5) is 0 Å². The molecule has 0 spiro atoms. The summed E-state index contributed by atoms with van der Waals surface area (Å²) in [4.78, 5) is 24.2. The Kier molecular flexibility index (Phi) is 3.76. The third-order valence-electron chi connectivity index (χ3n) is 5.38. The fourth-order valence-corrected chi connectivity index (χ4v) is 4.21. The van der Waals surface area contributed by atoms with Crippen LogP contribution in [0.1, 0.15) is 53.9 Å². The highest BCUT2D eigenvalue weighted by molar-refractivity contribution is 6.07. The maximum Gasteiger partial charge on any atom is 0.233 e. The molecule has 1 aliphatic heterocycles. The van der Waals surface area contributed by atoms with Gasteiger partial charge in [-0.05, 0) is 36.5 Å². The molecular formula is C16H27NO2. The van der Waals surface area contributed by atoms with Gasteiger partial charge in [0.15, 0.2) is 0 Å². The number of nitrogens with one attached hydrogen (secondary N) is 1. The largest absolute Gasteiger partial charge is 0.296 e. The molecule has 1 N–H and O–H groups in total. The zero-order valence-corrected chi connectivity index (χ0v) is 12.8. The smallest absolute Gasteiger partial charge is 0.233 e. The summed E-state index contributed by atoms with van der Waals surface area (Å²) >= 11 is 0. The van der Waals surface area contributed by atoms with Crippen molar-refractivity contribution in [1.29, 1.82) is 0 Å². The highest BCUT2D eigenvalue weighted by Gasteiger charge is 2.54. The zero-order chi connectivity index (χ0) is 14.4. The van der Waals surface area contributed by atoms with Crippen molar-refractivity contribution in [3.8, 4) is 0 Å². The average molecular weight is 265 g/mol. The van der Waals surface area contributed by atoms with E-state index < -0.39 is 5.41 Å². The van der Waals surface area contributed by atoms with Gasteiger partial charge in [-0.25, -0.2) is 0 Å². The van der Waals surface area contributed by atoms with E-state index in [0.29, 0.717) is 23.7 Å². The van der Waals surface area contributed by atoms with Crippen LogP contribution in [-0.2, 0) is 9.59 Å². The topological polar surface area (TPSA) is 46.2 Å². The van der Waals surface area contributed by atoms with E-state index in [-0.39, 0.29) is 17.7 Å². The molecule has 1 saturated heterocycles. The third kappa shape index (κ3) is 2.44. The number of rotatable bonds is 2. The first-order chi connectivity index (χ1) is 8.75. The van der Waals surface area contributed by atoms with E-state index in [2.05, 4.69) is 26.1 Å². The summed E-state index contributed by atoms with van der Waals surface area (Å²) in [7, 11) is 0. The van der Waals surface area contributed by atoms with Gasteiger partial charge in [-0.2, -0.15) is 0 Å². The maximum atomic E-state index is 12.2. The van der Waals surface area contributed by atoms with E-state index in [1.807, 2.05) is 13.8 Å². The van der Waals surface area contributed by atoms with Crippen molar-refractivity contribution in [2.24, 2.45) is 35.0 Å². The lowest BCUT2D eigenvalue weighted by molar-refractivity contribution is -0.128. The molecule has 4 unspecified atom stereocenters. The molecular weight excluding hydrogens is 238 g/mol. The number of hydrogen-bond acceptors (Lipinski definition) is 2. The van der Waals surface area contributed by atoms with Gasteiger partial charge in [0.1, 0.15) is 0 Å². The Morgan fingerprint density at radius 1 is 1.21 bits per heavy atom. The van der Waals surface area contributed by atoms with Gasteiger partial charge >= 0.3 is 0 Å². The SMILES string of the molecule is CC1CCC(C(C)C)C(C2C(=O)NC(=O)C2(C)C)C1. The number of amides is 2. The van der Waals surface area contributed by atoms with E-state index in [0.717, 1.165) is 6.42 Å². The minimum Gasteiger partial charge on any atom is -0.296 e. The van der Waals surface area contributed by atoms with Gasteiger partial charge in [-0.3, -0.25) is 14.9 Å². The second-order valence-electron chi connectivity index (χ2n) is 7.51. The first kappa shape index (κ1) is 14.5. The van der Waals surface area contributed by atoms with Crippen LogP contribution in [0.15, 0.2) is 0 Å². The van der Waals surface area contributed by atoms with Gasteiger partial charge in [0, 0.05) is 0 Å².